The smallest absolute Gasteiger partial charge is 0.286 e. The van der Waals surface area contributed by atoms with E-state index in [1.54, 1.807) is 31.3 Å². The van der Waals surface area contributed by atoms with E-state index in [0.717, 1.165) is 9.94 Å². The molecule has 0 bridgehead atoms. The molecule has 0 aliphatic rings. The zero-order valence-corrected chi connectivity index (χ0v) is 8.36. The highest BCUT2D eigenvalue weighted by Gasteiger charge is 2.06. The largest absolute Gasteiger partial charge is 0.463 e. The summed E-state index contributed by atoms with van der Waals surface area (Å²) < 4.78 is 6.14. The van der Waals surface area contributed by atoms with Crippen LogP contribution in [0.3, 0.4) is 0 Å². The minimum absolute atomic E-state index is 0.576. The second-order valence-corrected chi connectivity index (χ2v) is 3.27. The van der Waals surface area contributed by atoms with Crippen molar-refractivity contribution < 1.29 is 9.16 Å². The molecule has 2 aromatic rings. The Morgan fingerprint density at radius 1 is 1.53 bits per heavy atom. The summed E-state index contributed by atoms with van der Waals surface area (Å²) >= 11 is 0. The van der Waals surface area contributed by atoms with Gasteiger partial charge in [-0.05, 0) is 13.0 Å². The molecule has 0 aliphatic heterocycles. The summed E-state index contributed by atoms with van der Waals surface area (Å²) in [6.07, 6.45) is 3.00. The van der Waals surface area contributed by atoms with Crippen molar-refractivity contribution in [1.82, 2.24) is 4.98 Å². The summed E-state index contributed by atoms with van der Waals surface area (Å²) in [5.41, 5.74) is 1.30. The first-order valence-electron chi connectivity index (χ1n) is 4.54. The van der Waals surface area contributed by atoms with E-state index in [-0.39, 0.29) is 0 Å². The van der Waals surface area contributed by atoms with Gasteiger partial charge in [-0.3, -0.25) is 0 Å². The molecule has 1 aromatic heterocycles. The van der Waals surface area contributed by atoms with E-state index in [9.17, 15) is 4.91 Å². The van der Waals surface area contributed by atoms with Crippen LogP contribution in [-0.2, 0) is 0 Å². The van der Waals surface area contributed by atoms with Crippen LogP contribution in [0.4, 0.5) is 0 Å². The van der Waals surface area contributed by atoms with Gasteiger partial charge in [-0.25, -0.2) is 0 Å². The molecule has 1 aromatic carbocycles. The average molecular weight is 203 g/mol. The van der Waals surface area contributed by atoms with E-state index in [2.05, 4.69) is 11.6 Å². The van der Waals surface area contributed by atoms with Crippen molar-refractivity contribution in [3.63, 3.8) is 0 Å². The van der Waals surface area contributed by atoms with Gasteiger partial charge in [0.1, 0.15) is 11.3 Å². The van der Waals surface area contributed by atoms with E-state index < -0.39 is 0 Å². The van der Waals surface area contributed by atoms with E-state index in [4.69, 9.17) is 4.74 Å². The first-order valence-corrected chi connectivity index (χ1v) is 4.54. The van der Waals surface area contributed by atoms with Gasteiger partial charge in [-0.2, -0.15) is 0 Å². The number of hydrogen-bond acceptors (Lipinski definition) is 2. The lowest BCUT2D eigenvalue weighted by atomic mass is 10.3. The fourth-order valence-electron chi connectivity index (χ4n) is 1.36. The minimum Gasteiger partial charge on any atom is -0.463 e. The lowest BCUT2D eigenvalue weighted by molar-refractivity contribution is -0.464. The molecule has 0 radical (unpaired) electrons. The van der Waals surface area contributed by atoms with Gasteiger partial charge < -0.3 is 9.72 Å². The Labute approximate surface area is 86.4 Å². The summed E-state index contributed by atoms with van der Waals surface area (Å²) in [4.78, 5) is 14.3. The Balaban J connectivity index is 2.57. The van der Waals surface area contributed by atoms with Crippen LogP contribution < -0.4 is 9.16 Å². The molecule has 0 saturated carbocycles. The predicted octanol–water partition coefficient (Wildman–Crippen LogP) is 1.99. The second kappa shape index (κ2) is 3.57. The molecule has 0 saturated heterocycles. The van der Waals surface area contributed by atoms with Crippen LogP contribution in [0.25, 0.3) is 11.0 Å². The van der Waals surface area contributed by atoms with E-state index >= 15 is 0 Å². The van der Waals surface area contributed by atoms with Gasteiger partial charge in [0.15, 0.2) is 0 Å². The molecule has 0 aliphatic carbocycles. The van der Waals surface area contributed by atoms with Gasteiger partial charge in [-0.15, -0.1) is 0 Å². The number of H-pyrrole nitrogens is 1. The number of aromatic amines is 1. The maximum absolute atomic E-state index is 11.4. The highest BCUT2D eigenvalue weighted by Crippen LogP contribution is 2.17. The van der Waals surface area contributed by atoms with Crippen LogP contribution in [0, 0.1) is 4.91 Å². The highest BCUT2D eigenvalue weighted by atomic mass is 16.5. The first-order chi connectivity index (χ1) is 7.16. The molecule has 1 N–H and O–H groups in total. The Morgan fingerprint density at radius 2 is 2.33 bits per heavy atom. The molecule has 1 heterocycles. The highest BCUT2D eigenvalue weighted by molar-refractivity contribution is 5.72. The van der Waals surface area contributed by atoms with Crippen molar-refractivity contribution >= 4 is 11.0 Å². The monoisotopic (exact) mass is 203 g/mol. The van der Waals surface area contributed by atoms with Gasteiger partial charge in [0.2, 0.25) is 6.20 Å². The van der Waals surface area contributed by atoms with Crippen LogP contribution in [-0.4, -0.2) is 4.98 Å². The van der Waals surface area contributed by atoms with Crippen molar-refractivity contribution in [2.75, 3.05) is 0 Å². The number of hydrogen-bond donors (Lipinski definition) is 1. The Hall–Kier alpha value is -2.10. The lowest BCUT2D eigenvalue weighted by Crippen LogP contribution is -2.13. The molecule has 2 rings (SSSR count). The van der Waals surface area contributed by atoms with Crippen LogP contribution in [0.5, 0.6) is 5.75 Å². The van der Waals surface area contributed by atoms with E-state index in [1.165, 1.54) is 6.20 Å². The zero-order valence-electron chi connectivity index (χ0n) is 8.36. The van der Waals surface area contributed by atoms with Crippen molar-refractivity contribution in [1.29, 1.82) is 0 Å². The molecule has 4 heteroatoms. The zero-order chi connectivity index (χ0) is 10.8. The molecule has 76 valence electrons. The third-order valence-corrected chi connectivity index (χ3v) is 1.95. The molecule has 0 amide bonds. The maximum atomic E-state index is 11.4. The molecule has 15 heavy (non-hydrogen) atoms. The lowest BCUT2D eigenvalue weighted by Gasteiger charge is -2.03. The minimum atomic E-state index is 0.576. The quantitative estimate of drug-likeness (QED) is 0.599. The van der Waals surface area contributed by atoms with Crippen LogP contribution in [0.1, 0.15) is 6.92 Å². The fraction of sp³-hybridized carbons (Fsp3) is 0.0909. The third kappa shape index (κ3) is 1.88. The van der Waals surface area contributed by atoms with Crippen molar-refractivity contribution in [2.45, 2.75) is 6.92 Å². The van der Waals surface area contributed by atoms with Gasteiger partial charge in [0.05, 0.1) is 16.4 Å². The summed E-state index contributed by atoms with van der Waals surface area (Å²) in [6.45, 7) is 5.42. The summed E-state index contributed by atoms with van der Waals surface area (Å²) in [7, 11) is 0. The second-order valence-electron chi connectivity index (χ2n) is 3.27. The first kappa shape index (κ1) is 9.45. The SMILES string of the molecule is C=C(C)Oc1ccc2c(c1)[nH]cc[n+]2=O. The summed E-state index contributed by atoms with van der Waals surface area (Å²) in [6, 6.07) is 5.20. The van der Waals surface area contributed by atoms with E-state index in [0.29, 0.717) is 17.0 Å². The van der Waals surface area contributed by atoms with Crippen LogP contribution >= 0.6 is 0 Å². The molecular weight excluding hydrogens is 192 g/mol. The van der Waals surface area contributed by atoms with Gasteiger partial charge in [-0.1, -0.05) is 6.58 Å². The molecule has 4 nitrogen and oxygen atoms in total. The molecular formula is C11H11N2O2+. The van der Waals surface area contributed by atoms with Crippen molar-refractivity contribution in [3.8, 4) is 5.75 Å². The van der Waals surface area contributed by atoms with Gasteiger partial charge in [0.25, 0.3) is 5.52 Å². The molecule has 0 spiro atoms. The molecule has 0 fully saturated rings. The maximum Gasteiger partial charge on any atom is 0.286 e. The number of allylic oxidation sites excluding steroid dienone is 1. The third-order valence-electron chi connectivity index (χ3n) is 1.95. The Morgan fingerprint density at radius 3 is 3.07 bits per heavy atom. The van der Waals surface area contributed by atoms with Crippen LogP contribution in [0.2, 0.25) is 0 Å². The van der Waals surface area contributed by atoms with Crippen molar-refractivity contribution in [2.24, 2.45) is 0 Å². The number of fused-ring (bicyclic) bond motifs is 1. The van der Waals surface area contributed by atoms with Gasteiger partial charge >= 0.3 is 0 Å². The number of aromatic nitrogens is 2. The number of nitrogens with zero attached hydrogens (tertiary/aromatic N) is 1. The van der Waals surface area contributed by atoms with Crippen LogP contribution in [0.15, 0.2) is 42.9 Å². The number of ether oxygens (including phenoxy) is 1. The summed E-state index contributed by atoms with van der Waals surface area (Å²) in [5, 5.41) is 0. The molecule has 0 atom stereocenters. The Bertz CT molecular complexity index is 572. The predicted molar refractivity (Wildman–Crippen MR) is 57.1 cm³/mol. The summed E-state index contributed by atoms with van der Waals surface area (Å²) in [5.74, 6) is 1.28. The topological polar surface area (TPSA) is 48.0 Å². The molecule has 0 unspecified atom stereocenters. The normalized spacial score (nSPS) is 10.2. The van der Waals surface area contributed by atoms with E-state index in [1.807, 2.05) is 0 Å². The van der Waals surface area contributed by atoms with Crippen molar-refractivity contribution in [3.05, 3.63) is 47.8 Å². The van der Waals surface area contributed by atoms with Gasteiger partial charge in [0, 0.05) is 17.0 Å². The average Bonchev–Trinajstić information content (AvgIpc) is 2.17. The fourth-order valence-corrected chi connectivity index (χ4v) is 1.36. The standard InChI is InChI=1S/C11H11N2O2/c1-8(2)15-9-3-4-11-10(7-9)12-5-6-13(11)14/h3-7H,1H2,2H3,(H,12,14)/q+1. The number of rotatable bonds is 2. The number of benzene rings is 1. The Kier molecular flexibility index (Phi) is 2.25. The number of nitrogens with one attached hydrogen (secondary N) is 1.